The molecule has 2 fully saturated rings. The minimum absolute atomic E-state index is 0.0261. The number of likely N-dealkylation sites (tertiary alicyclic amines) is 2. The van der Waals surface area contributed by atoms with Crippen LogP contribution < -0.4 is 5.73 Å². The zero-order valence-electron chi connectivity index (χ0n) is 15.5. The summed E-state index contributed by atoms with van der Waals surface area (Å²) in [6.45, 7) is 3.20. The maximum absolute atomic E-state index is 12.9. The molecule has 0 bridgehead atoms. The van der Waals surface area contributed by atoms with Crippen LogP contribution in [0.25, 0.3) is 11.0 Å². The van der Waals surface area contributed by atoms with E-state index in [0.717, 1.165) is 56.4 Å². The summed E-state index contributed by atoms with van der Waals surface area (Å²) >= 11 is 0. The van der Waals surface area contributed by atoms with Crippen LogP contribution in [0.5, 0.6) is 0 Å². The van der Waals surface area contributed by atoms with Crippen LogP contribution in [0.3, 0.4) is 0 Å². The maximum atomic E-state index is 12.9. The molecule has 0 aliphatic carbocycles. The first-order chi connectivity index (χ1) is 13.1. The number of primary amides is 1. The topological polar surface area (TPSA) is 97.3 Å². The van der Waals surface area contributed by atoms with Gasteiger partial charge in [0.1, 0.15) is 5.52 Å². The molecule has 3 heterocycles. The van der Waals surface area contributed by atoms with E-state index in [9.17, 15) is 9.59 Å². The zero-order chi connectivity index (χ0) is 18.8. The van der Waals surface area contributed by atoms with Gasteiger partial charge >= 0.3 is 0 Å². The van der Waals surface area contributed by atoms with Crippen LogP contribution in [0.1, 0.15) is 31.7 Å². The number of nitrogens with zero attached hydrogens (tertiary/aromatic N) is 5. The van der Waals surface area contributed by atoms with E-state index in [4.69, 9.17) is 5.73 Å². The van der Waals surface area contributed by atoms with E-state index in [0.29, 0.717) is 6.54 Å². The minimum Gasteiger partial charge on any atom is -0.369 e. The third-order valence-electron chi connectivity index (χ3n) is 5.73. The molecule has 1 aromatic heterocycles. The SMILES string of the molecule is NC(=O)CN1CCCC(C(=O)N2CCC(n3nnc4ccccc43)CC2)C1. The van der Waals surface area contributed by atoms with E-state index in [1.807, 2.05) is 38.7 Å². The molecule has 2 aliphatic heterocycles. The Labute approximate surface area is 158 Å². The molecule has 4 rings (SSSR count). The van der Waals surface area contributed by atoms with Crippen LogP contribution in [0.15, 0.2) is 24.3 Å². The second kappa shape index (κ2) is 7.64. The fourth-order valence-corrected chi connectivity index (χ4v) is 4.37. The molecule has 144 valence electrons. The van der Waals surface area contributed by atoms with Gasteiger partial charge < -0.3 is 10.6 Å². The Balaban J connectivity index is 1.36. The molecule has 2 N–H and O–H groups in total. The molecule has 1 atom stereocenters. The van der Waals surface area contributed by atoms with Crippen molar-refractivity contribution < 1.29 is 9.59 Å². The standard InChI is InChI=1S/C19H26N6O2/c20-18(26)13-23-9-3-4-14(12-23)19(27)24-10-7-15(8-11-24)25-17-6-2-1-5-16(17)21-22-25/h1-2,5-6,14-15H,3-4,7-13H2,(H2,20,26). The molecule has 2 amide bonds. The summed E-state index contributed by atoms with van der Waals surface area (Å²) in [6, 6.07) is 8.26. The lowest BCUT2D eigenvalue weighted by atomic mass is 9.95. The molecule has 0 saturated carbocycles. The average Bonchev–Trinajstić information content (AvgIpc) is 3.11. The fourth-order valence-electron chi connectivity index (χ4n) is 4.37. The Kier molecular flexibility index (Phi) is 5.07. The highest BCUT2D eigenvalue weighted by molar-refractivity contribution is 5.80. The van der Waals surface area contributed by atoms with Gasteiger partial charge in [-0.1, -0.05) is 17.3 Å². The van der Waals surface area contributed by atoms with Crippen molar-refractivity contribution in [2.75, 3.05) is 32.7 Å². The van der Waals surface area contributed by atoms with Gasteiger partial charge in [0.2, 0.25) is 11.8 Å². The highest BCUT2D eigenvalue weighted by atomic mass is 16.2. The Morgan fingerprint density at radius 1 is 1.11 bits per heavy atom. The Hall–Kier alpha value is -2.48. The molecule has 8 heteroatoms. The van der Waals surface area contributed by atoms with E-state index in [1.165, 1.54) is 0 Å². The maximum Gasteiger partial charge on any atom is 0.231 e. The number of para-hydroxylation sites is 1. The number of rotatable bonds is 4. The second-order valence-corrected chi connectivity index (χ2v) is 7.62. The lowest BCUT2D eigenvalue weighted by molar-refractivity contribution is -0.139. The number of carbonyl (C=O) groups excluding carboxylic acids is 2. The predicted molar refractivity (Wildman–Crippen MR) is 101 cm³/mol. The third-order valence-corrected chi connectivity index (χ3v) is 5.73. The van der Waals surface area contributed by atoms with Crippen LogP contribution in [0, 0.1) is 5.92 Å². The smallest absolute Gasteiger partial charge is 0.231 e. The summed E-state index contributed by atoms with van der Waals surface area (Å²) in [5.41, 5.74) is 7.26. The molecule has 2 aliphatic rings. The monoisotopic (exact) mass is 370 g/mol. The van der Waals surface area contributed by atoms with Crippen molar-refractivity contribution in [1.82, 2.24) is 24.8 Å². The van der Waals surface area contributed by atoms with E-state index >= 15 is 0 Å². The molecule has 0 radical (unpaired) electrons. The van der Waals surface area contributed by atoms with E-state index < -0.39 is 0 Å². The van der Waals surface area contributed by atoms with Crippen LogP contribution in [0.4, 0.5) is 0 Å². The normalized spacial score (nSPS) is 22.2. The number of hydrogen-bond acceptors (Lipinski definition) is 5. The van der Waals surface area contributed by atoms with Gasteiger partial charge in [0.05, 0.1) is 24.0 Å². The van der Waals surface area contributed by atoms with Crippen molar-refractivity contribution in [1.29, 1.82) is 0 Å². The van der Waals surface area contributed by atoms with Crippen molar-refractivity contribution in [2.24, 2.45) is 11.7 Å². The molecular weight excluding hydrogens is 344 g/mol. The van der Waals surface area contributed by atoms with E-state index in [-0.39, 0.29) is 30.3 Å². The number of fused-ring (bicyclic) bond motifs is 1. The number of carbonyl (C=O) groups is 2. The molecule has 0 spiro atoms. The van der Waals surface area contributed by atoms with Crippen molar-refractivity contribution >= 4 is 22.8 Å². The van der Waals surface area contributed by atoms with Gasteiger partial charge in [-0.3, -0.25) is 14.5 Å². The van der Waals surface area contributed by atoms with Gasteiger partial charge in [-0.25, -0.2) is 4.68 Å². The second-order valence-electron chi connectivity index (χ2n) is 7.62. The van der Waals surface area contributed by atoms with Crippen LogP contribution >= 0.6 is 0 Å². The van der Waals surface area contributed by atoms with Gasteiger partial charge in [-0.15, -0.1) is 5.10 Å². The zero-order valence-corrected chi connectivity index (χ0v) is 15.5. The number of aromatic nitrogens is 3. The molecule has 2 aromatic rings. The molecule has 27 heavy (non-hydrogen) atoms. The summed E-state index contributed by atoms with van der Waals surface area (Å²) < 4.78 is 2.01. The van der Waals surface area contributed by atoms with Crippen molar-refractivity contribution in [3.05, 3.63) is 24.3 Å². The minimum atomic E-state index is -0.330. The van der Waals surface area contributed by atoms with Gasteiger partial charge in [-0.05, 0) is 44.4 Å². The van der Waals surface area contributed by atoms with Crippen molar-refractivity contribution in [3.8, 4) is 0 Å². The first kappa shape index (κ1) is 17.9. The van der Waals surface area contributed by atoms with E-state index in [1.54, 1.807) is 0 Å². The first-order valence-corrected chi connectivity index (χ1v) is 9.71. The van der Waals surface area contributed by atoms with Gasteiger partial charge in [0.15, 0.2) is 0 Å². The van der Waals surface area contributed by atoms with E-state index in [2.05, 4.69) is 10.3 Å². The number of amides is 2. The fraction of sp³-hybridized carbons (Fsp3) is 0.579. The van der Waals surface area contributed by atoms with Crippen LogP contribution in [0.2, 0.25) is 0 Å². The third kappa shape index (κ3) is 3.80. The Morgan fingerprint density at radius 3 is 2.67 bits per heavy atom. The largest absolute Gasteiger partial charge is 0.369 e. The number of hydrogen-bond donors (Lipinski definition) is 1. The number of piperidine rings is 2. The molecule has 1 unspecified atom stereocenters. The molecule has 2 saturated heterocycles. The van der Waals surface area contributed by atoms with Crippen molar-refractivity contribution in [3.63, 3.8) is 0 Å². The lowest BCUT2D eigenvalue weighted by Gasteiger charge is -2.37. The summed E-state index contributed by atoms with van der Waals surface area (Å²) in [5, 5.41) is 8.57. The number of nitrogens with two attached hydrogens (primary N) is 1. The lowest BCUT2D eigenvalue weighted by Crippen LogP contribution is -2.48. The first-order valence-electron chi connectivity index (χ1n) is 9.71. The Morgan fingerprint density at radius 2 is 1.89 bits per heavy atom. The highest BCUT2D eigenvalue weighted by Crippen LogP contribution is 2.27. The summed E-state index contributed by atoms with van der Waals surface area (Å²) in [4.78, 5) is 28.1. The van der Waals surface area contributed by atoms with Gasteiger partial charge in [0.25, 0.3) is 0 Å². The average molecular weight is 370 g/mol. The van der Waals surface area contributed by atoms with Gasteiger partial charge in [0, 0.05) is 19.6 Å². The quantitative estimate of drug-likeness (QED) is 0.858. The van der Waals surface area contributed by atoms with Crippen molar-refractivity contribution in [2.45, 2.75) is 31.7 Å². The summed E-state index contributed by atoms with van der Waals surface area (Å²) in [6.07, 6.45) is 3.60. The molecule has 8 nitrogen and oxygen atoms in total. The Bertz CT molecular complexity index is 826. The summed E-state index contributed by atoms with van der Waals surface area (Å²) in [7, 11) is 0. The molecule has 1 aromatic carbocycles. The molecular formula is C19H26N6O2. The summed E-state index contributed by atoms with van der Waals surface area (Å²) in [5.74, 6) is -0.142. The highest BCUT2D eigenvalue weighted by Gasteiger charge is 2.32. The van der Waals surface area contributed by atoms with Gasteiger partial charge in [-0.2, -0.15) is 0 Å². The van der Waals surface area contributed by atoms with Crippen LogP contribution in [-0.4, -0.2) is 69.3 Å². The van der Waals surface area contributed by atoms with Crippen LogP contribution in [-0.2, 0) is 9.59 Å². The predicted octanol–water partition coefficient (Wildman–Crippen LogP) is 0.792. The number of benzene rings is 1.